The summed E-state index contributed by atoms with van der Waals surface area (Å²) in [7, 11) is 0. The van der Waals surface area contributed by atoms with Crippen LogP contribution in [0.15, 0.2) is 35.5 Å². The third kappa shape index (κ3) is 4.14. The van der Waals surface area contributed by atoms with Crippen LogP contribution in [0.2, 0.25) is 0 Å². The molecule has 3 aromatic rings. The van der Waals surface area contributed by atoms with Gasteiger partial charge in [-0.25, -0.2) is 14.8 Å². The lowest BCUT2D eigenvalue weighted by molar-refractivity contribution is -0.155. The normalized spacial score (nSPS) is 28.8. The topological polar surface area (TPSA) is 156 Å². The standard InChI is InChI=1S/C21H24N6O5S/c1-2-8-33-21-23-17(22-12-9-11(12)10-6-4-3-5-7-10)13-18(24-21)27(26-25-13)19-15(29)14(28)16(32-19)20(30)31/h3-7,11-12,14-16,19,28-29H,2,8-9H2,1H3,(H,30,31)(H,22,23,24)/t11-,12+,14-,15+,16-,19+/m0/s1. The molecular weight excluding hydrogens is 448 g/mol. The number of nitrogens with one attached hydrogen (secondary N) is 1. The molecule has 2 fully saturated rings. The third-order valence-corrected chi connectivity index (χ3v) is 6.85. The Labute approximate surface area is 193 Å². The molecule has 174 valence electrons. The summed E-state index contributed by atoms with van der Waals surface area (Å²) in [5.41, 5.74) is 1.93. The molecule has 5 rings (SSSR count). The van der Waals surface area contributed by atoms with Crippen LogP contribution in [0.1, 0.15) is 37.5 Å². The second-order valence-corrected chi connectivity index (χ2v) is 9.24. The lowest BCUT2D eigenvalue weighted by Gasteiger charge is -2.15. The predicted octanol–water partition coefficient (Wildman–Crippen LogP) is 1.40. The highest BCUT2D eigenvalue weighted by Gasteiger charge is 2.49. The van der Waals surface area contributed by atoms with E-state index in [1.807, 2.05) is 18.2 Å². The van der Waals surface area contributed by atoms with Gasteiger partial charge in [0, 0.05) is 17.7 Å². The molecule has 0 spiro atoms. The highest BCUT2D eigenvalue weighted by atomic mass is 32.2. The van der Waals surface area contributed by atoms with Gasteiger partial charge in [0.15, 0.2) is 34.5 Å². The fourth-order valence-corrected chi connectivity index (χ4v) is 4.70. The summed E-state index contributed by atoms with van der Waals surface area (Å²) in [5, 5.41) is 42.0. The van der Waals surface area contributed by atoms with Crippen molar-refractivity contribution in [2.75, 3.05) is 11.1 Å². The Kier molecular flexibility index (Phi) is 5.91. The minimum Gasteiger partial charge on any atom is -0.479 e. The van der Waals surface area contributed by atoms with Gasteiger partial charge in [0.1, 0.15) is 12.2 Å². The van der Waals surface area contributed by atoms with Crippen molar-refractivity contribution >= 4 is 34.7 Å². The molecule has 2 aliphatic rings. The molecule has 0 bridgehead atoms. The Balaban J connectivity index is 1.47. The molecule has 1 aromatic carbocycles. The van der Waals surface area contributed by atoms with E-state index in [1.165, 1.54) is 22.0 Å². The molecule has 0 radical (unpaired) electrons. The predicted molar refractivity (Wildman–Crippen MR) is 119 cm³/mol. The number of carboxylic acids is 1. The number of carboxylic acid groups (broad SMARTS) is 1. The zero-order valence-electron chi connectivity index (χ0n) is 17.8. The van der Waals surface area contributed by atoms with Crippen LogP contribution in [-0.4, -0.2) is 76.4 Å². The zero-order valence-corrected chi connectivity index (χ0v) is 18.6. The number of aliphatic hydroxyl groups excluding tert-OH is 2. The van der Waals surface area contributed by atoms with E-state index in [4.69, 9.17) is 4.74 Å². The van der Waals surface area contributed by atoms with Crippen molar-refractivity contribution in [2.24, 2.45) is 0 Å². The van der Waals surface area contributed by atoms with Gasteiger partial charge >= 0.3 is 5.97 Å². The molecule has 11 nitrogen and oxygen atoms in total. The zero-order chi connectivity index (χ0) is 23.1. The van der Waals surface area contributed by atoms with E-state index in [-0.39, 0.29) is 6.04 Å². The number of nitrogens with zero attached hydrogens (tertiary/aromatic N) is 5. The number of rotatable bonds is 8. The summed E-state index contributed by atoms with van der Waals surface area (Å²) in [5.74, 6) is 0.330. The molecule has 4 N–H and O–H groups in total. The Bertz CT molecular complexity index is 1160. The second-order valence-electron chi connectivity index (χ2n) is 8.18. The Morgan fingerprint density at radius 1 is 1.24 bits per heavy atom. The van der Waals surface area contributed by atoms with Gasteiger partial charge in [0.25, 0.3) is 0 Å². The van der Waals surface area contributed by atoms with Gasteiger partial charge in [-0.15, -0.1) is 5.10 Å². The number of hydrogen-bond acceptors (Lipinski definition) is 10. The van der Waals surface area contributed by atoms with Crippen LogP contribution in [0.3, 0.4) is 0 Å². The molecule has 3 heterocycles. The fourth-order valence-electron chi connectivity index (χ4n) is 4.00. The van der Waals surface area contributed by atoms with Crippen molar-refractivity contribution in [3.05, 3.63) is 35.9 Å². The van der Waals surface area contributed by atoms with Gasteiger partial charge in [0.2, 0.25) is 0 Å². The van der Waals surface area contributed by atoms with Crippen LogP contribution in [0, 0.1) is 0 Å². The summed E-state index contributed by atoms with van der Waals surface area (Å²) in [6, 6.07) is 10.4. The SMILES string of the molecule is CCCSc1nc(N[C@@H]2C[C@H]2c2ccccc2)c2nnn([C@@H]3O[C@H](C(=O)O)[C@@H](O)[C@H]3O)c2n1. The highest BCUT2D eigenvalue weighted by molar-refractivity contribution is 7.99. The maximum absolute atomic E-state index is 11.4. The van der Waals surface area contributed by atoms with Gasteiger partial charge in [-0.3, -0.25) is 0 Å². The number of benzene rings is 1. The molecule has 0 amide bonds. The minimum atomic E-state index is -1.60. The maximum atomic E-state index is 11.4. The van der Waals surface area contributed by atoms with Crippen molar-refractivity contribution in [3.63, 3.8) is 0 Å². The Hall–Kier alpha value is -2.80. The molecule has 2 aromatic heterocycles. The van der Waals surface area contributed by atoms with Crippen LogP contribution < -0.4 is 5.32 Å². The van der Waals surface area contributed by atoms with Gasteiger partial charge in [-0.05, 0) is 18.4 Å². The van der Waals surface area contributed by atoms with Crippen molar-refractivity contribution in [2.45, 2.75) is 61.4 Å². The van der Waals surface area contributed by atoms with E-state index in [1.54, 1.807) is 0 Å². The van der Waals surface area contributed by atoms with Gasteiger partial charge in [-0.1, -0.05) is 54.2 Å². The van der Waals surface area contributed by atoms with E-state index in [9.17, 15) is 20.1 Å². The highest BCUT2D eigenvalue weighted by Crippen LogP contribution is 2.43. The van der Waals surface area contributed by atoms with Crippen LogP contribution in [-0.2, 0) is 9.53 Å². The lowest BCUT2D eigenvalue weighted by atomic mass is 10.1. The number of carbonyl (C=O) groups is 1. The number of anilines is 1. The molecule has 0 unspecified atom stereocenters. The Morgan fingerprint density at radius 3 is 2.73 bits per heavy atom. The summed E-state index contributed by atoms with van der Waals surface area (Å²) in [6.45, 7) is 2.06. The number of aromatic nitrogens is 5. The maximum Gasteiger partial charge on any atom is 0.335 e. The van der Waals surface area contributed by atoms with Crippen molar-refractivity contribution < 1.29 is 24.9 Å². The molecule has 6 atom stereocenters. The number of thioether (sulfide) groups is 1. The summed E-state index contributed by atoms with van der Waals surface area (Å²) >= 11 is 1.48. The fraction of sp³-hybridized carbons (Fsp3) is 0.476. The molecular formula is C21H24N6O5S. The molecule has 12 heteroatoms. The first kappa shape index (κ1) is 22.0. The number of fused-ring (bicyclic) bond motifs is 1. The van der Waals surface area contributed by atoms with Crippen LogP contribution in [0.25, 0.3) is 11.2 Å². The Morgan fingerprint density at radius 2 is 2.03 bits per heavy atom. The van der Waals surface area contributed by atoms with Crippen molar-refractivity contribution in [3.8, 4) is 0 Å². The van der Waals surface area contributed by atoms with Gasteiger partial charge in [0.05, 0.1) is 0 Å². The van der Waals surface area contributed by atoms with Gasteiger partial charge < -0.3 is 25.4 Å². The number of ether oxygens (including phenoxy) is 1. The second kappa shape index (κ2) is 8.86. The first-order valence-corrected chi connectivity index (χ1v) is 11.8. The van der Waals surface area contributed by atoms with Crippen LogP contribution >= 0.6 is 11.8 Å². The van der Waals surface area contributed by atoms with E-state index in [0.717, 1.165) is 18.6 Å². The van der Waals surface area contributed by atoms with Crippen molar-refractivity contribution in [1.82, 2.24) is 25.0 Å². The lowest BCUT2D eigenvalue weighted by Crippen LogP contribution is -2.35. The first-order chi connectivity index (χ1) is 16.0. The summed E-state index contributed by atoms with van der Waals surface area (Å²) in [4.78, 5) is 20.5. The van der Waals surface area contributed by atoms with E-state index in [2.05, 4.69) is 44.7 Å². The molecule has 1 aliphatic heterocycles. The smallest absolute Gasteiger partial charge is 0.335 e. The molecule has 1 saturated carbocycles. The number of aliphatic carboxylic acids is 1. The van der Waals surface area contributed by atoms with Crippen LogP contribution in [0.4, 0.5) is 5.82 Å². The quantitative estimate of drug-likeness (QED) is 0.278. The average molecular weight is 473 g/mol. The van der Waals surface area contributed by atoms with E-state index >= 15 is 0 Å². The molecule has 1 aliphatic carbocycles. The van der Waals surface area contributed by atoms with Crippen molar-refractivity contribution in [1.29, 1.82) is 0 Å². The average Bonchev–Trinajstić information content (AvgIpc) is 3.35. The van der Waals surface area contributed by atoms with E-state index < -0.39 is 30.5 Å². The summed E-state index contributed by atoms with van der Waals surface area (Å²) < 4.78 is 6.62. The minimum absolute atomic E-state index is 0.186. The molecule has 33 heavy (non-hydrogen) atoms. The first-order valence-electron chi connectivity index (χ1n) is 10.8. The summed E-state index contributed by atoms with van der Waals surface area (Å²) in [6.07, 6.45) is -4.02. The van der Waals surface area contributed by atoms with E-state index in [0.29, 0.717) is 28.1 Å². The largest absolute Gasteiger partial charge is 0.479 e. The van der Waals surface area contributed by atoms with Gasteiger partial charge in [-0.2, -0.15) is 4.68 Å². The third-order valence-electron chi connectivity index (χ3n) is 5.80. The molecule has 1 saturated heterocycles. The number of hydrogen-bond donors (Lipinski definition) is 4. The number of aliphatic hydroxyl groups is 2. The van der Waals surface area contributed by atoms with Crippen LogP contribution in [0.5, 0.6) is 0 Å². The monoisotopic (exact) mass is 472 g/mol.